The highest BCUT2D eigenvalue weighted by Crippen LogP contribution is 2.23. The van der Waals surface area contributed by atoms with E-state index in [1.54, 1.807) is 0 Å². The molecule has 2 saturated carbocycles. The molecule has 0 heterocycles. The van der Waals surface area contributed by atoms with Crippen molar-refractivity contribution in [3.8, 4) is 0 Å². The summed E-state index contributed by atoms with van der Waals surface area (Å²) in [5, 5.41) is 5.52. The second-order valence-electron chi connectivity index (χ2n) is 5.18. The minimum Gasteiger partial charge on any atom is -0.345 e. The van der Waals surface area contributed by atoms with E-state index in [1.807, 2.05) is 0 Å². The lowest BCUT2D eigenvalue weighted by Gasteiger charge is -2.26. The van der Waals surface area contributed by atoms with E-state index < -0.39 is 11.8 Å². The lowest BCUT2D eigenvalue weighted by molar-refractivity contribution is -0.139. The summed E-state index contributed by atoms with van der Waals surface area (Å²) in [6, 6.07) is 0.457. The second-order valence-corrected chi connectivity index (χ2v) is 5.18. The van der Waals surface area contributed by atoms with E-state index in [0.717, 1.165) is 44.4 Å². The molecule has 2 rings (SSSR count). The summed E-state index contributed by atoms with van der Waals surface area (Å²) in [5.74, 6) is -0.152. The Kier molecular flexibility index (Phi) is 3.46. The number of nitrogens with one attached hydrogen (secondary N) is 2. The Bertz CT molecular complexity index is 279. The first-order chi connectivity index (χ1) is 7.65. The fraction of sp³-hybridized carbons (Fsp3) is 0.833. The van der Waals surface area contributed by atoms with Crippen LogP contribution in [0.15, 0.2) is 0 Å². The maximum Gasteiger partial charge on any atom is 0.309 e. The minimum atomic E-state index is -0.457. The van der Waals surface area contributed by atoms with Crippen molar-refractivity contribution in [2.75, 3.05) is 0 Å². The minimum absolute atomic E-state index is 0.202. The van der Waals surface area contributed by atoms with Gasteiger partial charge in [0, 0.05) is 12.1 Å². The van der Waals surface area contributed by atoms with Crippen LogP contribution in [0.1, 0.15) is 45.4 Å². The number of rotatable bonds is 2. The van der Waals surface area contributed by atoms with Gasteiger partial charge in [-0.3, -0.25) is 9.59 Å². The average Bonchev–Trinajstić information content (AvgIpc) is 3.05. The van der Waals surface area contributed by atoms with Gasteiger partial charge in [0.1, 0.15) is 0 Å². The van der Waals surface area contributed by atoms with Gasteiger partial charge in [-0.2, -0.15) is 0 Å². The summed E-state index contributed by atoms with van der Waals surface area (Å²) >= 11 is 0. The molecule has 90 valence electrons. The third-order valence-electron chi connectivity index (χ3n) is 3.47. The molecule has 4 heteroatoms. The molecule has 0 aliphatic heterocycles. The van der Waals surface area contributed by atoms with E-state index in [-0.39, 0.29) is 12.1 Å². The molecule has 0 saturated heterocycles. The number of hydrogen-bond donors (Lipinski definition) is 2. The van der Waals surface area contributed by atoms with E-state index in [1.165, 1.54) is 0 Å². The van der Waals surface area contributed by atoms with Crippen LogP contribution in [0.3, 0.4) is 0 Å². The van der Waals surface area contributed by atoms with Crippen LogP contribution in [-0.2, 0) is 9.59 Å². The molecule has 0 spiro atoms. The van der Waals surface area contributed by atoms with Gasteiger partial charge in [0.2, 0.25) is 0 Å². The molecule has 2 aliphatic carbocycles. The van der Waals surface area contributed by atoms with Gasteiger partial charge in [-0.25, -0.2) is 0 Å². The second kappa shape index (κ2) is 4.85. The number of carbonyl (C=O) groups excluding carboxylic acids is 2. The Morgan fingerprint density at radius 2 is 1.19 bits per heavy atom. The lowest BCUT2D eigenvalue weighted by Crippen LogP contribution is -2.46. The van der Waals surface area contributed by atoms with Gasteiger partial charge in [-0.1, -0.05) is 6.92 Å². The Labute approximate surface area is 96.2 Å². The summed E-state index contributed by atoms with van der Waals surface area (Å²) in [6.07, 6.45) is 6.33. The predicted octanol–water partition coefficient (Wildman–Crippen LogP) is 0.960. The highest BCUT2D eigenvalue weighted by atomic mass is 16.2. The fourth-order valence-electron chi connectivity index (χ4n) is 2.13. The SMILES string of the molecule is CC1CCC(NC(=O)C(=O)NC2CC2)CC1. The molecule has 0 aromatic heterocycles. The number of amides is 2. The summed E-state index contributed by atoms with van der Waals surface area (Å²) in [7, 11) is 0. The van der Waals surface area contributed by atoms with Gasteiger partial charge >= 0.3 is 11.8 Å². The number of carbonyl (C=O) groups is 2. The molecule has 4 nitrogen and oxygen atoms in total. The van der Waals surface area contributed by atoms with Crippen molar-refractivity contribution in [3.05, 3.63) is 0 Å². The molecule has 0 bridgehead atoms. The molecule has 0 aromatic carbocycles. The van der Waals surface area contributed by atoms with Crippen molar-refractivity contribution < 1.29 is 9.59 Å². The maximum atomic E-state index is 11.5. The van der Waals surface area contributed by atoms with Crippen LogP contribution in [0, 0.1) is 5.92 Å². The highest BCUT2D eigenvalue weighted by molar-refractivity contribution is 6.35. The molecule has 2 aliphatic rings. The normalized spacial score (nSPS) is 29.6. The predicted molar refractivity (Wildman–Crippen MR) is 60.7 cm³/mol. The van der Waals surface area contributed by atoms with Crippen LogP contribution in [0.25, 0.3) is 0 Å². The molecule has 2 fully saturated rings. The van der Waals surface area contributed by atoms with Gasteiger partial charge in [0.05, 0.1) is 0 Å². The lowest BCUT2D eigenvalue weighted by atomic mass is 9.87. The zero-order valence-electron chi connectivity index (χ0n) is 9.79. The average molecular weight is 224 g/mol. The van der Waals surface area contributed by atoms with Crippen molar-refractivity contribution in [3.63, 3.8) is 0 Å². The van der Waals surface area contributed by atoms with Gasteiger partial charge in [0.25, 0.3) is 0 Å². The Hall–Kier alpha value is -1.06. The zero-order chi connectivity index (χ0) is 11.5. The van der Waals surface area contributed by atoms with Crippen molar-refractivity contribution in [2.45, 2.75) is 57.5 Å². The molecule has 0 unspecified atom stereocenters. The van der Waals surface area contributed by atoms with Crippen molar-refractivity contribution in [1.29, 1.82) is 0 Å². The molecular weight excluding hydrogens is 204 g/mol. The van der Waals surface area contributed by atoms with Crippen molar-refractivity contribution in [1.82, 2.24) is 10.6 Å². The van der Waals surface area contributed by atoms with Crippen LogP contribution < -0.4 is 10.6 Å². The van der Waals surface area contributed by atoms with Crippen LogP contribution in [0.4, 0.5) is 0 Å². The van der Waals surface area contributed by atoms with E-state index in [4.69, 9.17) is 0 Å². The van der Waals surface area contributed by atoms with Crippen LogP contribution in [-0.4, -0.2) is 23.9 Å². The van der Waals surface area contributed by atoms with Crippen molar-refractivity contribution >= 4 is 11.8 Å². The summed E-state index contributed by atoms with van der Waals surface area (Å²) < 4.78 is 0. The van der Waals surface area contributed by atoms with Gasteiger partial charge < -0.3 is 10.6 Å². The van der Waals surface area contributed by atoms with Gasteiger partial charge in [0.15, 0.2) is 0 Å². The maximum absolute atomic E-state index is 11.5. The largest absolute Gasteiger partial charge is 0.345 e. The quantitative estimate of drug-likeness (QED) is 0.686. The first-order valence-corrected chi connectivity index (χ1v) is 6.26. The first-order valence-electron chi connectivity index (χ1n) is 6.26. The highest BCUT2D eigenvalue weighted by Gasteiger charge is 2.28. The summed E-state index contributed by atoms with van der Waals surface area (Å²) in [5.41, 5.74) is 0. The summed E-state index contributed by atoms with van der Waals surface area (Å²) in [4.78, 5) is 22.9. The third-order valence-corrected chi connectivity index (χ3v) is 3.47. The Morgan fingerprint density at radius 1 is 0.812 bits per heavy atom. The van der Waals surface area contributed by atoms with E-state index in [2.05, 4.69) is 17.6 Å². The summed E-state index contributed by atoms with van der Waals surface area (Å²) in [6.45, 7) is 2.23. The smallest absolute Gasteiger partial charge is 0.309 e. The van der Waals surface area contributed by atoms with Crippen LogP contribution in [0.2, 0.25) is 0 Å². The first kappa shape index (κ1) is 11.4. The topological polar surface area (TPSA) is 58.2 Å². The molecule has 0 atom stereocenters. The molecule has 16 heavy (non-hydrogen) atoms. The fourth-order valence-corrected chi connectivity index (χ4v) is 2.13. The number of hydrogen-bond acceptors (Lipinski definition) is 2. The molecule has 0 aromatic rings. The monoisotopic (exact) mass is 224 g/mol. The molecular formula is C12H20N2O2. The van der Waals surface area contributed by atoms with Crippen LogP contribution in [0.5, 0.6) is 0 Å². The van der Waals surface area contributed by atoms with E-state index in [9.17, 15) is 9.59 Å². The third kappa shape index (κ3) is 3.22. The Balaban J connectivity index is 1.71. The zero-order valence-corrected chi connectivity index (χ0v) is 9.79. The molecule has 2 amide bonds. The van der Waals surface area contributed by atoms with E-state index in [0.29, 0.717) is 0 Å². The molecule has 2 N–H and O–H groups in total. The Morgan fingerprint density at radius 3 is 1.56 bits per heavy atom. The van der Waals surface area contributed by atoms with Crippen LogP contribution >= 0.6 is 0 Å². The molecule has 0 radical (unpaired) electrons. The van der Waals surface area contributed by atoms with E-state index >= 15 is 0 Å². The van der Waals surface area contributed by atoms with Gasteiger partial charge in [-0.15, -0.1) is 0 Å². The van der Waals surface area contributed by atoms with Crippen molar-refractivity contribution in [2.24, 2.45) is 5.92 Å². The van der Waals surface area contributed by atoms with Gasteiger partial charge in [-0.05, 0) is 44.4 Å². The standard InChI is InChI=1S/C12H20N2O2/c1-8-2-4-9(5-3-8)13-11(15)12(16)14-10-6-7-10/h8-10H,2-7H2,1H3,(H,13,15)(H,14,16).